The smallest absolute Gasteiger partial charge is 0.262 e. The number of anilines is 2. The number of amides is 1. The molecule has 1 heterocycles. The van der Waals surface area contributed by atoms with Crippen LogP contribution < -0.4 is 15.0 Å². The molecule has 1 saturated heterocycles. The summed E-state index contributed by atoms with van der Waals surface area (Å²) in [6, 6.07) is 12.1. The molecule has 1 aliphatic rings. The molecular weight excluding hydrogens is 350 g/mol. The van der Waals surface area contributed by atoms with Gasteiger partial charge >= 0.3 is 0 Å². The normalized spacial score (nSPS) is 14.8. The van der Waals surface area contributed by atoms with E-state index in [9.17, 15) is 4.79 Å². The summed E-state index contributed by atoms with van der Waals surface area (Å²) >= 11 is 0. The molecule has 0 aliphatic carbocycles. The molecule has 5 heteroatoms. The highest BCUT2D eigenvalue weighted by molar-refractivity contribution is 5.92. The first-order valence-corrected chi connectivity index (χ1v) is 10.0. The first kappa shape index (κ1) is 20.2. The molecule has 0 bridgehead atoms. The lowest BCUT2D eigenvalue weighted by molar-refractivity contribution is -0.118. The van der Waals surface area contributed by atoms with Crippen molar-refractivity contribution in [3.63, 3.8) is 0 Å². The molecule has 1 N–H and O–H groups in total. The molecule has 1 aliphatic heterocycles. The fourth-order valence-corrected chi connectivity index (χ4v) is 3.69. The molecule has 2 aromatic rings. The van der Waals surface area contributed by atoms with Gasteiger partial charge in [-0.15, -0.1) is 0 Å². The fourth-order valence-electron chi connectivity index (χ4n) is 3.69. The molecule has 28 heavy (non-hydrogen) atoms. The zero-order chi connectivity index (χ0) is 20.1. The van der Waals surface area contributed by atoms with Crippen molar-refractivity contribution in [2.45, 2.75) is 27.7 Å². The third-order valence-electron chi connectivity index (χ3n) is 5.33. The Kier molecular flexibility index (Phi) is 6.57. The summed E-state index contributed by atoms with van der Waals surface area (Å²) in [6.45, 7) is 13.8. The lowest BCUT2D eigenvalue weighted by atomic mass is 10.1. The molecule has 2 aromatic carbocycles. The molecule has 3 rings (SSSR count). The minimum Gasteiger partial charge on any atom is -0.483 e. The van der Waals surface area contributed by atoms with Gasteiger partial charge in [-0.1, -0.05) is 24.6 Å². The largest absolute Gasteiger partial charge is 0.483 e. The zero-order valence-electron chi connectivity index (χ0n) is 17.4. The summed E-state index contributed by atoms with van der Waals surface area (Å²) in [4.78, 5) is 17.2. The second-order valence-electron chi connectivity index (χ2n) is 7.53. The fraction of sp³-hybridized carbons (Fsp3) is 0.435. The van der Waals surface area contributed by atoms with Crippen LogP contribution in [0, 0.1) is 20.8 Å². The van der Waals surface area contributed by atoms with E-state index >= 15 is 0 Å². The van der Waals surface area contributed by atoms with Crippen LogP contribution >= 0.6 is 0 Å². The van der Waals surface area contributed by atoms with Crippen molar-refractivity contribution < 1.29 is 9.53 Å². The summed E-state index contributed by atoms with van der Waals surface area (Å²) < 4.78 is 5.67. The number of nitrogens with one attached hydrogen (secondary N) is 1. The van der Waals surface area contributed by atoms with E-state index in [4.69, 9.17) is 4.74 Å². The number of benzene rings is 2. The van der Waals surface area contributed by atoms with Gasteiger partial charge in [0.25, 0.3) is 5.91 Å². The highest BCUT2D eigenvalue weighted by Crippen LogP contribution is 2.25. The predicted octanol–water partition coefficient (Wildman–Crippen LogP) is 3.77. The summed E-state index contributed by atoms with van der Waals surface area (Å²) in [5.41, 5.74) is 5.46. The highest BCUT2D eigenvalue weighted by atomic mass is 16.5. The number of hydrogen-bond donors (Lipinski definition) is 1. The molecule has 0 saturated carbocycles. The average molecular weight is 382 g/mol. The lowest BCUT2D eigenvalue weighted by Gasteiger charge is -2.36. The van der Waals surface area contributed by atoms with Crippen LogP contribution in [-0.2, 0) is 4.79 Å². The second-order valence-corrected chi connectivity index (χ2v) is 7.53. The monoisotopic (exact) mass is 381 g/mol. The standard InChI is InChI=1S/C23H31N3O2/c1-5-25-10-12-26(13-11-25)21-8-7-20(15-18(21)3)24-23(27)16-28-22-9-6-17(2)14-19(22)4/h6-9,14-15H,5,10-13,16H2,1-4H3,(H,24,27). The van der Waals surface area contributed by atoms with E-state index in [1.807, 2.05) is 38.1 Å². The van der Waals surface area contributed by atoms with Crippen molar-refractivity contribution in [1.82, 2.24) is 4.90 Å². The first-order valence-electron chi connectivity index (χ1n) is 10.0. The SMILES string of the molecule is CCN1CCN(c2ccc(NC(=O)COc3ccc(C)cc3C)cc2C)CC1. The van der Waals surface area contributed by atoms with Gasteiger partial charge in [-0.3, -0.25) is 4.79 Å². The van der Waals surface area contributed by atoms with Crippen LogP contribution in [-0.4, -0.2) is 50.1 Å². The number of piperazine rings is 1. The Bertz CT molecular complexity index is 827. The van der Waals surface area contributed by atoms with Crippen molar-refractivity contribution in [3.05, 3.63) is 53.1 Å². The lowest BCUT2D eigenvalue weighted by Crippen LogP contribution is -2.46. The third kappa shape index (κ3) is 5.04. The summed E-state index contributed by atoms with van der Waals surface area (Å²) in [7, 11) is 0. The van der Waals surface area contributed by atoms with Crippen molar-refractivity contribution in [2.24, 2.45) is 0 Å². The minimum absolute atomic E-state index is 0.00365. The van der Waals surface area contributed by atoms with Crippen LogP contribution in [0.25, 0.3) is 0 Å². The number of carbonyl (C=O) groups is 1. The molecular formula is C23H31N3O2. The van der Waals surface area contributed by atoms with E-state index in [0.29, 0.717) is 0 Å². The van der Waals surface area contributed by atoms with Gasteiger partial charge in [-0.25, -0.2) is 0 Å². The topological polar surface area (TPSA) is 44.8 Å². The van der Waals surface area contributed by atoms with Crippen LogP contribution in [0.3, 0.4) is 0 Å². The Morgan fingerprint density at radius 3 is 2.39 bits per heavy atom. The van der Waals surface area contributed by atoms with Crippen molar-refractivity contribution >= 4 is 17.3 Å². The predicted molar refractivity (Wildman–Crippen MR) is 116 cm³/mol. The van der Waals surface area contributed by atoms with Crippen LogP contribution in [0.5, 0.6) is 5.75 Å². The number of nitrogens with zero attached hydrogens (tertiary/aromatic N) is 2. The number of hydrogen-bond acceptors (Lipinski definition) is 4. The molecule has 0 atom stereocenters. The van der Waals surface area contributed by atoms with Crippen molar-refractivity contribution in [3.8, 4) is 5.75 Å². The van der Waals surface area contributed by atoms with Gasteiger partial charge in [0.15, 0.2) is 6.61 Å². The van der Waals surface area contributed by atoms with Crippen molar-refractivity contribution in [2.75, 3.05) is 49.5 Å². The van der Waals surface area contributed by atoms with E-state index in [1.165, 1.54) is 16.8 Å². The summed E-state index contributed by atoms with van der Waals surface area (Å²) in [5, 5.41) is 2.94. The molecule has 0 radical (unpaired) electrons. The van der Waals surface area contributed by atoms with E-state index in [1.54, 1.807) is 0 Å². The Hall–Kier alpha value is -2.53. The van der Waals surface area contributed by atoms with Crippen LogP contribution in [0.15, 0.2) is 36.4 Å². The first-order chi connectivity index (χ1) is 13.5. The van der Waals surface area contributed by atoms with Gasteiger partial charge in [0.05, 0.1) is 0 Å². The van der Waals surface area contributed by atoms with Gasteiger partial charge in [-0.05, 0) is 62.7 Å². The number of aryl methyl sites for hydroxylation is 3. The Morgan fingerprint density at radius 1 is 1.00 bits per heavy atom. The number of likely N-dealkylation sites (N-methyl/N-ethyl adjacent to an activating group) is 1. The molecule has 0 aromatic heterocycles. The van der Waals surface area contributed by atoms with Gasteiger partial charge in [0, 0.05) is 37.6 Å². The summed E-state index contributed by atoms with van der Waals surface area (Å²) in [5.74, 6) is 0.599. The number of carbonyl (C=O) groups excluding carboxylic acids is 1. The maximum Gasteiger partial charge on any atom is 0.262 e. The van der Waals surface area contributed by atoms with Gasteiger partial charge in [0.1, 0.15) is 5.75 Å². The third-order valence-corrected chi connectivity index (χ3v) is 5.33. The Morgan fingerprint density at radius 2 is 1.75 bits per heavy atom. The zero-order valence-corrected chi connectivity index (χ0v) is 17.4. The van der Waals surface area contributed by atoms with Gasteiger partial charge < -0.3 is 19.9 Å². The Balaban J connectivity index is 1.55. The highest BCUT2D eigenvalue weighted by Gasteiger charge is 2.17. The second kappa shape index (κ2) is 9.11. The van der Waals surface area contributed by atoms with Crippen molar-refractivity contribution in [1.29, 1.82) is 0 Å². The molecule has 5 nitrogen and oxygen atoms in total. The van der Waals surface area contributed by atoms with Gasteiger partial charge in [-0.2, -0.15) is 0 Å². The summed E-state index contributed by atoms with van der Waals surface area (Å²) in [6.07, 6.45) is 0. The molecule has 0 spiro atoms. The van der Waals surface area contributed by atoms with Crippen LogP contribution in [0.1, 0.15) is 23.6 Å². The van der Waals surface area contributed by atoms with E-state index in [2.05, 4.69) is 41.1 Å². The van der Waals surface area contributed by atoms with Gasteiger partial charge in [0.2, 0.25) is 0 Å². The minimum atomic E-state index is -0.149. The molecule has 1 fully saturated rings. The van der Waals surface area contributed by atoms with Crippen LogP contribution in [0.4, 0.5) is 11.4 Å². The number of ether oxygens (including phenoxy) is 1. The Labute approximate surface area is 168 Å². The average Bonchev–Trinajstić information content (AvgIpc) is 2.67. The van der Waals surface area contributed by atoms with E-state index in [0.717, 1.165) is 49.7 Å². The quantitative estimate of drug-likeness (QED) is 0.827. The van der Waals surface area contributed by atoms with Crippen LogP contribution in [0.2, 0.25) is 0 Å². The molecule has 1 amide bonds. The van der Waals surface area contributed by atoms with E-state index < -0.39 is 0 Å². The maximum absolute atomic E-state index is 12.3. The van der Waals surface area contributed by atoms with E-state index in [-0.39, 0.29) is 12.5 Å². The molecule has 150 valence electrons. The maximum atomic E-state index is 12.3. The molecule has 0 unspecified atom stereocenters. The number of rotatable bonds is 6.